The summed E-state index contributed by atoms with van der Waals surface area (Å²) in [6, 6.07) is 5.22. The van der Waals surface area contributed by atoms with E-state index in [4.69, 9.17) is 5.84 Å². The predicted molar refractivity (Wildman–Crippen MR) is 142 cm³/mol. The number of aryl methyl sites for hydroxylation is 1. The number of thiazole rings is 1. The van der Waals surface area contributed by atoms with Gasteiger partial charge >= 0.3 is 0 Å². The molecule has 0 unspecified atom stereocenters. The van der Waals surface area contributed by atoms with Gasteiger partial charge in [-0.15, -0.1) is 0 Å². The zero-order valence-electron chi connectivity index (χ0n) is 20.6. The van der Waals surface area contributed by atoms with Crippen molar-refractivity contribution in [2.75, 3.05) is 29.5 Å². The lowest BCUT2D eigenvalue weighted by molar-refractivity contribution is -0.135. The number of hydrazine groups is 1. The van der Waals surface area contributed by atoms with Gasteiger partial charge in [-0.2, -0.15) is 0 Å². The maximum atomic E-state index is 12.9. The van der Waals surface area contributed by atoms with E-state index >= 15 is 0 Å². The topological polar surface area (TPSA) is 133 Å². The molecule has 0 aliphatic carbocycles. The second-order valence-electron chi connectivity index (χ2n) is 9.08. The number of anilines is 3. The summed E-state index contributed by atoms with van der Waals surface area (Å²) < 4.78 is 0. The number of nitrogens with one attached hydrogen (secondary N) is 1. The molecule has 0 saturated carbocycles. The van der Waals surface area contributed by atoms with Gasteiger partial charge in [0, 0.05) is 50.3 Å². The predicted octanol–water partition coefficient (Wildman–Crippen LogP) is 2.19. The van der Waals surface area contributed by atoms with Crippen LogP contribution in [0, 0.1) is 6.92 Å². The highest BCUT2D eigenvalue weighted by Gasteiger charge is 2.35. The van der Waals surface area contributed by atoms with Crippen LogP contribution in [0.5, 0.6) is 0 Å². The first-order valence-electron chi connectivity index (χ1n) is 12.2. The van der Waals surface area contributed by atoms with E-state index in [1.807, 2.05) is 25.1 Å². The molecule has 0 aromatic carbocycles. The van der Waals surface area contributed by atoms with Gasteiger partial charge in [0.15, 0.2) is 5.82 Å². The maximum Gasteiger partial charge on any atom is 0.246 e. The second-order valence-corrected chi connectivity index (χ2v) is 10.1. The van der Waals surface area contributed by atoms with Gasteiger partial charge in [0.1, 0.15) is 17.7 Å². The highest BCUT2D eigenvalue weighted by Crippen LogP contribution is 2.33. The first kappa shape index (κ1) is 24.8. The normalized spacial score (nSPS) is 19.2. The molecule has 2 amide bonds. The van der Waals surface area contributed by atoms with E-state index in [2.05, 4.69) is 36.7 Å². The van der Waals surface area contributed by atoms with Crippen LogP contribution in [0.1, 0.15) is 25.1 Å². The van der Waals surface area contributed by atoms with Crippen LogP contribution in [-0.4, -0.2) is 68.4 Å². The van der Waals surface area contributed by atoms with Gasteiger partial charge in [0.05, 0.1) is 4.88 Å². The third-order valence-electron chi connectivity index (χ3n) is 6.59. The molecule has 2 aliphatic rings. The Morgan fingerprint density at radius 2 is 2.05 bits per heavy atom. The molecule has 2 atom stereocenters. The van der Waals surface area contributed by atoms with Crippen LogP contribution in [-0.2, 0) is 9.59 Å². The number of amides is 2. The molecule has 3 aromatic rings. The molecule has 0 radical (unpaired) electrons. The first-order chi connectivity index (χ1) is 17.9. The summed E-state index contributed by atoms with van der Waals surface area (Å²) in [7, 11) is 0. The van der Waals surface area contributed by atoms with Crippen molar-refractivity contribution in [1.82, 2.24) is 30.2 Å². The van der Waals surface area contributed by atoms with E-state index in [0.29, 0.717) is 36.3 Å². The van der Waals surface area contributed by atoms with Crippen LogP contribution in [0.2, 0.25) is 0 Å². The van der Waals surface area contributed by atoms with Crippen molar-refractivity contribution in [2.24, 2.45) is 5.84 Å². The van der Waals surface area contributed by atoms with E-state index in [1.54, 1.807) is 23.5 Å². The quantitative estimate of drug-likeness (QED) is 0.274. The molecule has 37 heavy (non-hydrogen) atoms. The zero-order valence-corrected chi connectivity index (χ0v) is 21.4. The van der Waals surface area contributed by atoms with E-state index in [1.165, 1.54) is 22.4 Å². The minimum Gasteiger partial charge on any atom is -0.354 e. The molecule has 11 nitrogen and oxygen atoms in total. The number of nitrogens with zero attached hydrogens (tertiary/aromatic N) is 7. The number of aromatic nitrogens is 4. The molecule has 12 heteroatoms. The Hall–Kier alpha value is -3.90. The van der Waals surface area contributed by atoms with Gasteiger partial charge in [-0.25, -0.2) is 25.8 Å². The Labute approximate surface area is 219 Å². The fourth-order valence-electron chi connectivity index (χ4n) is 4.75. The number of nitrogens with two attached hydrogens (primary N) is 1. The van der Waals surface area contributed by atoms with Gasteiger partial charge < -0.3 is 15.1 Å². The molecular weight excluding hydrogens is 490 g/mol. The Morgan fingerprint density at radius 3 is 2.84 bits per heavy atom. The van der Waals surface area contributed by atoms with Gasteiger partial charge in [0.2, 0.25) is 16.9 Å². The minimum absolute atomic E-state index is 0.0385. The van der Waals surface area contributed by atoms with Gasteiger partial charge in [-0.3, -0.25) is 14.6 Å². The number of hydrogen-bond donors (Lipinski definition) is 2. The third kappa shape index (κ3) is 5.30. The molecule has 3 aromatic heterocycles. The average Bonchev–Trinajstić information content (AvgIpc) is 3.69. The number of pyridine rings is 1. The second kappa shape index (κ2) is 10.6. The lowest BCUT2D eigenvalue weighted by Gasteiger charge is -2.25. The minimum atomic E-state index is -0.436. The van der Waals surface area contributed by atoms with Crippen LogP contribution < -0.4 is 21.1 Å². The Morgan fingerprint density at radius 1 is 1.24 bits per heavy atom. The summed E-state index contributed by atoms with van der Waals surface area (Å²) in [6.07, 6.45) is 8.80. The molecule has 0 spiro atoms. The van der Waals surface area contributed by atoms with Crippen LogP contribution >= 0.6 is 11.3 Å². The fourth-order valence-corrected chi connectivity index (χ4v) is 5.60. The highest BCUT2D eigenvalue weighted by atomic mass is 32.1. The lowest BCUT2D eigenvalue weighted by Crippen LogP contribution is -2.49. The largest absolute Gasteiger partial charge is 0.354 e. The van der Waals surface area contributed by atoms with Gasteiger partial charge in [-0.05, 0) is 50.0 Å². The molecule has 2 aliphatic heterocycles. The van der Waals surface area contributed by atoms with Crippen LogP contribution in [0.4, 0.5) is 16.8 Å². The number of carbonyl (C=O) groups is 2. The standard InChI is InChI=1S/C25H29N9O2S/c1-3-23(35)33-11-4-5-19(33)24(36)31-18-8-12-32(15-18)21-13-22(30-16(2)29-21)34(26)25-28-14-20(37-25)17-6-9-27-10-7-17/h3,6-7,9-10,13-14,18-19H,1,4-5,8,11-12,15,26H2,2H3,(H,31,36)/t18-,19-/m0/s1. The van der Waals surface area contributed by atoms with Crippen LogP contribution in [0.25, 0.3) is 10.4 Å². The van der Waals surface area contributed by atoms with E-state index < -0.39 is 6.04 Å². The molecule has 0 bridgehead atoms. The van der Waals surface area contributed by atoms with E-state index in [0.717, 1.165) is 35.6 Å². The summed E-state index contributed by atoms with van der Waals surface area (Å²) >= 11 is 1.46. The molecule has 2 saturated heterocycles. The van der Waals surface area contributed by atoms with Crippen molar-refractivity contribution in [2.45, 2.75) is 38.3 Å². The van der Waals surface area contributed by atoms with Crippen molar-refractivity contribution in [3.8, 4) is 10.4 Å². The highest BCUT2D eigenvalue weighted by molar-refractivity contribution is 7.19. The van der Waals surface area contributed by atoms with Crippen molar-refractivity contribution in [3.05, 3.63) is 55.3 Å². The lowest BCUT2D eigenvalue weighted by atomic mass is 10.1. The van der Waals surface area contributed by atoms with Crippen molar-refractivity contribution < 1.29 is 9.59 Å². The maximum absolute atomic E-state index is 12.9. The SMILES string of the molecule is C=CC(=O)N1CCC[C@H]1C(=O)N[C@H]1CCN(c2cc(N(N)c3ncc(-c4ccncc4)s3)nc(C)n2)C1. The fraction of sp³-hybridized carbons (Fsp3) is 0.360. The third-order valence-corrected chi connectivity index (χ3v) is 7.64. The van der Waals surface area contributed by atoms with Crippen LogP contribution in [0.15, 0.2) is 49.4 Å². The first-order valence-corrected chi connectivity index (χ1v) is 13.0. The zero-order chi connectivity index (χ0) is 25.9. The van der Waals surface area contributed by atoms with Crippen molar-refractivity contribution >= 4 is 39.9 Å². The smallest absolute Gasteiger partial charge is 0.246 e. The molecule has 3 N–H and O–H groups in total. The Kier molecular flexibility index (Phi) is 7.10. The van der Waals surface area contributed by atoms with Gasteiger partial charge in [0.25, 0.3) is 0 Å². The number of carbonyl (C=O) groups excluding carboxylic acids is 2. The number of hydrogen-bond acceptors (Lipinski definition) is 10. The summed E-state index contributed by atoms with van der Waals surface area (Å²) in [5.41, 5.74) is 1.02. The Bertz CT molecular complexity index is 1300. The molecular formula is C25H29N9O2S. The summed E-state index contributed by atoms with van der Waals surface area (Å²) in [5, 5.41) is 5.20. The van der Waals surface area contributed by atoms with Crippen LogP contribution in [0.3, 0.4) is 0 Å². The molecule has 192 valence electrons. The molecule has 5 rings (SSSR count). The Balaban J connectivity index is 1.26. The summed E-state index contributed by atoms with van der Waals surface area (Å²) in [4.78, 5) is 47.4. The van der Waals surface area contributed by atoms with E-state index in [-0.39, 0.29) is 17.9 Å². The number of rotatable bonds is 7. The van der Waals surface area contributed by atoms with E-state index in [9.17, 15) is 9.59 Å². The van der Waals surface area contributed by atoms with Crippen molar-refractivity contribution in [3.63, 3.8) is 0 Å². The average molecular weight is 520 g/mol. The summed E-state index contributed by atoms with van der Waals surface area (Å²) in [5.74, 6) is 7.98. The van der Waals surface area contributed by atoms with Gasteiger partial charge in [-0.1, -0.05) is 17.9 Å². The molecule has 5 heterocycles. The summed E-state index contributed by atoms with van der Waals surface area (Å²) in [6.45, 7) is 7.30. The van der Waals surface area contributed by atoms with Crippen molar-refractivity contribution in [1.29, 1.82) is 0 Å². The number of likely N-dealkylation sites (tertiary alicyclic amines) is 1. The monoisotopic (exact) mass is 519 g/mol. The molecule has 2 fully saturated rings.